The van der Waals surface area contributed by atoms with Crippen molar-refractivity contribution < 1.29 is 4.79 Å². The fourth-order valence-corrected chi connectivity index (χ4v) is 4.26. The Balaban J connectivity index is 1.48. The first kappa shape index (κ1) is 19.2. The van der Waals surface area contributed by atoms with Gasteiger partial charge in [-0.15, -0.1) is 10.2 Å². The Morgan fingerprint density at radius 2 is 1.88 bits per heavy atom. The molecule has 0 atom stereocenters. The fourth-order valence-electron chi connectivity index (χ4n) is 2.21. The van der Waals surface area contributed by atoms with Crippen LogP contribution < -0.4 is 5.32 Å². The normalized spacial score (nSPS) is 10.7. The first-order chi connectivity index (χ1) is 12.6. The average Bonchev–Trinajstić information content (AvgIpc) is 3.09. The number of hydrogen-bond donors (Lipinski definition) is 1. The van der Waals surface area contributed by atoms with Gasteiger partial charge in [-0.3, -0.25) is 10.1 Å². The van der Waals surface area contributed by atoms with Crippen LogP contribution in [0.4, 0.5) is 5.13 Å². The number of amides is 1. The highest BCUT2D eigenvalue weighted by Crippen LogP contribution is 2.27. The molecule has 134 valence electrons. The molecule has 0 radical (unpaired) electrons. The van der Waals surface area contributed by atoms with Crippen molar-refractivity contribution in [3.8, 4) is 0 Å². The lowest BCUT2D eigenvalue weighted by atomic mass is 10.1. The molecular formula is C18H15Cl2N3OS2. The van der Waals surface area contributed by atoms with Crippen LogP contribution >= 0.6 is 46.3 Å². The van der Waals surface area contributed by atoms with Gasteiger partial charge >= 0.3 is 0 Å². The predicted octanol–water partition coefficient (Wildman–Crippen LogP) is 5.82. The lowest BCUT2D eigenvalue weighted by molar-refractivity contribution is 0.102. The van der Waals surface area contributed by atoms with Crippen LogP contribution in [0.5, 0.6) is 0 Å². The van der Waals surface area contributed by atoms with E-state index in [0.29, 0.717) is 20.7 Å². The average molecular weight is 424 g/mol. The van der Waals surface area contributed by atoms with Gasteiger partial charge in [0.2, 0.25) is 5.13 Å². The van der Waals surface area contributed by atoms with Gasteiger partial charge in [0, 0.05) is 11.3 Å². The highest BCUT2D eigenvalue weighted by Gasteiger charge is 2.12. The van der Waals surface area contributed by atoms with Crippen molar-refractivity contribution in [1.82, 2.24) is 10.2 Å². The Morgan fingerprint density at radius 1 is 1.08 bits per heavy atom. The minimum Gasteiger partial charge on any atom is -0.296 e. The SMILES string of the molecule is O=C(Nc1nnc(SCCCc2ccccc2)s1)c1ccc(Cl)c(Cl)c1. The Bertz CT molecular complexity index is 887. The van der Waals surface area contributed by atoms with Crippen molar-refractivity contribution >= 4 is 57.3 Å². The second-order valence-electron chi connectivity index (χ2n) is 5.39. The topological polar surface area (TPSA) is 54.9 Å². The van der Waals surface area contributed by atoms with Crippen LogP contribution in [0.25, 0.3) is 0 Å². The van der Waals surface area contributed by atoms with Crippen LogP contribution in [0.1, 0.15) is 22.3 Å². The first-order valence-corrected chi connectivity index (χ1v) is 10.4. The second kappa shape index (κ2) is 9.37. The van der Waals surface area contributed by atoms with Gasteiger partial charge in [-0.1, -0.05) is 76.6 Å². The van der Waals surface area contributed by atoms with Gasteiger partial charge in [0.25, 0.3) is 5.91 Å². The zero-order chi connectivity index (χ0) is 18.4. The predicted molar refractivity (Wildman–Crippen MR) is 110 cm³/mol. The van der Waals surface area contributed by atoms with Crippen molar-refractivity contribution in [2.24, 2.45) is 0 Å². The minimum absolute atomic E-state index is 0.291. The van der Waals surface area contributed by atoms with Gasteiger partial charge in [-0.05, 0) is 36.6 Å². The molecular weight excluding hydrogens is 409 g/mol. The van der Waals surface area contributed by atoms with Crippen molar-refractivity contribution in [3.05, 3.63) is 69.7 Å². The monoisotopic (exact) mass is 423 g/mol. The maximum Gasteiger partial charge on any atom is 0.257 e. The molecule has 0 aliphatic heterocycles. The highest BCUT2D eigenvalue weighted by molar-refractivity contribution is 8.01. The third-order valence-electron chi connectivity index (χ3n) is 3.49. The summed E-state index contributed by atoms with van der Waals surface area (Å²) in [6, 6.07) is 15.1. The van der Waals surface area contributed by atoms with Crippen LogP contribution in [-0.4, -0.2) is 21.9 Å². The van der Waals surface area contributed by atoms with Crippen LogP contribution in [0.15, 0.2) is 52.9 Å². The van der Waals surface area contributed by atoms with Crippen molar-refractivity contribution in [2.45, 2.75) is 17.2 Å². The third kappa shape index (κ3) is 5.45. The molecule has 0 saturated carbocycles. The van der Waals surface area contributed by atoms with Crippen molar-refractivity contribution in [3.63, 3.8) is 0 Å². The summed E-state index contributed by atoms with van der Waals surface area (Å²) in [7, 11) is 0. The largest absolute Gasteiger partial charge is 0.296 e. The molecule has 0 spiro atoms. The maximum absolute atomic E-state index is 12.2. The van der Waals surface area contributed by atoms with E-state index in [-0.39, 0.29) is 5.91 Å². The number of hydrogen-bond acceptors (Lipinski definition) is 5. The fraction of sp³-hybridized carbons (Fsp3) is 0.167. The lowest BCUT2D eigenvalue weighted by Gasteiger charge is -2.02. The molecule has 0 unspecified atom stereocenters. The van der Waals surface area contributed by atoms with E-state index in [1.165, 1.54) is 23.0 Å². The summed E-state index contributed by atoms with van der Waals surface area (Å²) in [6.45, 7) is 0. The lowest BCUT2D eigenvalue weighted by Crippen LogP contribution is -2.11. The quantitative estimate of drug-likeness (QED) is 0.295. The number of benzene rings is 2. The Kier molecular flexibility index (Phi) is 6.91. The first-order valence-electron chi connectivity index (χ1n) is 7.88. The number of nitrogens with one attached hydrogen (secondary N) is 1. The van der Waals surface area contributed by atoms with Crippen molar-refractivity contribution in [1.29, 1.82) is 0 Å². The molecule has 3 rings (SSSR count). The molecule has 0 bridgehead atoms. The summed E-state index contributed by atoms with van der Waals surface area (Å²) in [4.78, 5) is 12.2. The van der Waals surface area contributed by atoms with E-state index in [0.717, 1.165) is 22.9 Å². The molecule has 3 aromatic rings. The molecule has 1 N–H and O–H groups in total. The summed E-state index contributed by atoms with van der Waals surface area (Å²) in [5.74, 6) is 0.657. The molecule has 0 saturated heterocycles. The Hall–Kier alpha value is -1.60. The smallest absolute Gasteiger partial charge is 0.257 e. The number of aryl methyl sites for hydroxylation is 1. The van der Waals surface area contributed by atoms with E-state index < -0.39 is 0 Å². The molecule has 0 aliphatic rings. The van der Waals surface area contributed by atoms with Crippen LogP contribution in [0.3, 0.4) is 0 Å². The molecule has 26 heavy (non-hydrogen) atoms. The molecule has 0 aliphatic carbocycles. The number of carbonyl (C=O) groups excluding carboxylic acids is 1. The number of anilines is 1. The number of nitrogens with zero attached hydrogens (tertiary/aromatic N) is 2. The Morgan fingerprint density at radius 3 is 2.65 bits per heavy atom. The molecule has 1 aromatic heterocycles. The van der Waals surface area contributed by atoms with E-state index in [4.69, 9.17) is 23.2 Å². The molecule has 8 heteroatoms. The summed E-state index contributed by atoms with van der Waals surface area (Å²) < 4.78 is 0.836. The molecule has 2 aromatic carbocycles. The minimum atomic E-state index is -0.291. The Labute approximate surface area is 169 Å². The van der Waals surface area contributed by atoms with Crippen LogP contribution in [-0.2, 0) is 6.42 Å². The standard InChI is InChI=1S/C18H15Cl2N3OS2/c19-14-9-8-13(11-15(14)20)16(24)21-17-22-23-18(26-17)25-10-4-7-12-5-2-1-3-6-12/h1-3,5-6,8-9,11H,4,7,10H2,(H,21,22,24). The maximum atomic E-state index is 12.2. The zero-order valence-electron chi connectivity index (χ0n) is 13.6. The summed E-state index contributed by atoms with van der Waals surface area (Å²) in [5.41, 5.74) is 1.76. The van der Waals surface area contributed by atoms with E-state index >= 15 is 0 Å². The third-order valence-corrected chi connectivity index (χ3v) is 6.28. The van der Waals surface area contributed by atoms with E-state index in [9.17, 15) is 4.79 Å². The zero-order valence-corrected chi connectivity index (χ0v) is 16.8. The van der Waals surface area contributed by atoms with Gasteiger partial charge in [-0.25, -0.2) is 0 Å². The van der Waals surface area contributed by atoms with Crippen LogP contribution in [0, 0.1) is 0 Å². The molecule has 4 nitrogen and oxygen atoms in total. The number of thioether (sulfide) groups is 1. The number of rotatable bonds is 7. The summed E-state index contributed by atoms with van der Waals surface area (Å²) in [5, 5.41) is 12.1. The number of carbonyl (C=O) groups is 1. The summed E-state index contributed by atoms with van der Waals surface area (Å²) in [6.07, 6.45) is 2.09. The van der Waals surface area contributed by atoms with Gasteiger partial charge in [-0.2, -0.15) is 0 Å². The molecule has 0 fully saturated rings. The van der Waals surface area contributed by atoms with Gasteiger partial charge in [0.05, 0.1) is 10.0 Å². The van der Waals surface area contributed by atoms with Gasteiger partial charge in [0.1, 0.15) is 0 Å². The second-order valence-corrected chi connectivity index (χ2v) is 8.53. The molecule has 1 heterocycles. The van der Waals surface area contributed by atoms with E-state index in [1.807, 2.05) is 6.07 Å². The highest BCUT2D eigenvalue weighted by atomic mass is 35.5. The number of aromatic nitrogens is 2. The summed E-state index contributed by atoms with van der Waals surface area (Å²) >= 11 is 14.8. The molecule has 1 amide bonds. The van der Waals surface area contributed by atoms with Crippen LogP contribution in [0.2, 0.25) is 10.0 Å². The number of halogens is 2. The van der Waals surface area contributed by atoms with Crippen molar-refractivity contribution in [2.75, 3.05) is 11.1 Å². The van der Waals surface area contributed by atoms with E-state index in [1.54, 1.807) is 23.9 Å². The van der Waals surface area contributed by atoms with Gasteiger partial charge < -0.3 is 0 Å². The van der Waals surface area contributed by atoms with Gasteiger partial charge in [0.15, 0.2) is 4.34 Å². The van der Waals surface area contributed by atoms with E-state index in [2.05, 4.69) is 39.8 Å².